The van der Waals surface area contributed by atoms with Gasteiger partial charge in [-0.3, -0.25) is 14.5 Å². The summed E-state index contributed by atoms with van der Waals surface area (Å²) < 4.78 is 45.8. The van der Waals surface area contributed by atoms with Crippen LogP contribution in [0.2, 0.25) is 5.02 Å². The SMILES string of the molecule is O=C1c2oc3ccccc3c(=O)c2[C@@H](c2ccc(Cl)cc2)N1c1cccc(C(F)(F)F)c1. The topological polar surface area (TPSA) is 50.5 Å². The van der Waals surface area contributed by atoms with Gasteiger partial charge in [-0.05, 0) is 48.0 Å². The molecule has 0 N–H and O–H groups in total. The van der Waals surface area contributed by atoms with Crippen molar-refractivity contribution in [1.82, 2.24) is 0 Å². The van der Waals surface area contributed by atoms with Crippen molar-refractivity contribution in [3.05, 3.63) is 110 Å². The molecule has 0 aliphatic carbocycles. The number of amides is 1. The van der Waals surface area contributed by atoms with Crippen LogP contribution in [0.15, 0.2) is 82.0 Å². The van der Waals surface area contributed by atoms with E-state index in [1.54, 1.807) is 48.5 Å². The molecule has 0 saturated heterocycles. The number of carbonyl (C=O) groups excluding carboxylic acids is 1. The molecule has 1 atom stereocenters. The number of fused-ring (bicyclic) bond motifs is 2. The second kappa shape index (κ2) is 7.24. The smallest absolute Gasteiger partial charge is 0.416 e. The fourth-order valence-corrected chi connectivity index (χ4v) is 4.10. The lowest BCUT2D eigenvalue weighted by molar-refractivity contribution is -0.137. The highest BCUT2D eigenvalue weighted by Gasteiger charge is 2.44. The Balaban J connectivity index is 1.79. The van der Waals surface area contributed by atoms with Crippen molar-refractivity contribution in [1.29, 1.82) is 0 Å². The zero-order chi connectivity index (χ0) is 22.6. The molecule has 32 heavy (non-hydrogen) atoms. The fraction of sp³-hybridized carbons (Fsp3) is 0.0833. The van der Waals surface area contributed by atoms with Crippen molar-refractivity contribution in [2.24, 2.45) is 0 Å². The first-order chi connectivity index (χ1) is 15.3. The van der Waals surface area contributed by atoms with Gasteiger partial charge in [-0.15, -0.1) is 0 Å². The predicted octanol–water partition coefficient (Wildman–Crippen LogP) is 6.22. The molecule has 5 rings (SSSR count). The zero-order valence-electron chi connectivity index (χ0n) is 16.2. The van der Waals surface area contributed by atoms with Gasteiger partial charge in [0.05, 0.1) is 22.6 Å². The summed E-state index contributed by atoms with van der Waals surface area (Å²) in [6, 6.07) is 16.4. The van der Waals surface area contributed by atoms with E-state index in [2.05, 4.69) is 0 Å². The Labute approximate surface area is 184 Å². The molecule has 0 spiro atoms. The van der Waals surface area contributed by atoms with Crippen LogP contribution < -0.4 is 10.3 Å². The molecule has 4 aromatic rings. The third-order valence-corrected chi connectivity index (χ3v) is 5.67. The molecule has 1 aliphatic heterocycles. The third kappa shape index (κ3) is 3.17. The van der Waals surface area contributed by atoms with Gasteiger partial charge in [0.2, 0.25) is 5.76 Å². The fourth-order valence-electron chi connectivity index (χ4n) is 3.98. The molecule has 0 fully saturated rings. The minimum atomic E-state index is -4.59. The minimum Gasteiger partial charge on any atom is -0.450 e. The highest BCUT2D eigenvalue weighted by atomic mass is 35.5. The number of hydrogen-bond acceptors (Lipinski definition) is 3. The summed E-state index contributed by atoms with van der Waals surface area (Å²) in [5.41, 5.74) is -0.498. The van der Waals surface area contributed by atoms with E-state index in [1.807, 2.05) is 0 Å². The van der Waals surface area contributed by atoms with Crippen molar-refractivity contribution < 1.29 is 22.4 Å². The van der Waals surface area contributed by atoms with E-state index in [0.717, 1.165) is 17.0 Å². The van der Waals surface area contributed by atoms with E-state index in [1.165, 1.54) is 12.1 Å². The molecule has 0 unspecified atom stereocenters. The Kier molecular flexibility index (Phi) is 4.60. The van der Waals surface area contributed by atoms with Gasteiger partial charge in [0.25, 0.3) is 5.91 Å². The molecule has 1 aromatic heterocycles. The summed E-state index contributed by atoms with van der Waals surface area (Å²) in [6.45, 7) is 0. The molecule has 8 heteroatoms. The zero-order valence-corrected chi connectivity index (χ0v) is 16.9. The highest BCUT2D eigenvalue weighted by Crippen LogP contribution is 2.42. The number of hydrogen-bond donors (Lipinski definition) is 0. The average Bonchev–Trinajstić information content (AvgIpc) is 3.07. The molecule has 1 amide bonds. The molecule has 0 bridgehead atoms. The molecule has 2 heterocycles. The van der Waals surface area contributed by atoms with Gasteiger partial charge >= 0.3 is 6.18 Å². The van der Waals surface area contributed by atoms with E-state index in [-0.39, 0.29) is 28.0 Å². The Bertz CT molecular complexity index is 1430. The summed E-state index contributed by atoms with van der Waals surface area (Å²) in [5.74, 6) is -0.881. The first-order valence-corrected chi connectivity index (χ1v) is 9.95. The number of alkyl halides is 3. The second-order valence-corrected chi connectivity index (χ2v) is 7.78. The summed E-state index contributed by atoms with van der Waals surface area (Å²) in [4.78, 5) is 27.9. The predicted molar refractivity (Wildman–Crippen MR) is 114 cm³/mol. The van der Waals surface area contributed by atoms with Crippen LogP contribution >= 0.6 is 11.6 Å². The van der Waals surface area contributed by atoms with Gasteiger partial charge in [0.15, 0.2) is 5.43 Å². The Hall–Kier alpha value is -3.58. The van der Waals surface area contributed by atoms with E-state index in [9.17, 15) is 22.8 Å². The van der Waals surface area contributed by atoms with Crippen LogP contribution in [0.25, 0.3) is 11.0 Å². The molecule has 4 nitrogen and oxygen atoms in total. The van der Waals surface area contributed by atoms with E-state index in [4.69, 9.17) is 16.0 Å². The lowest BCUT2D eigenvalue weighted by atomic mass is 9.98. The van der Waals surface area contributed by atoms with E-state index in [0.29, 0.717) is 10.6 Å². The number of halogens is 4. The molecular formula is C24H13ClF3NO3. The molecule has 160 valence electrons. The first kappa shape index (κ1) is 20.3. The maximum Gasteiger partial charge on any atom is 0.416 e. The summed E-state index contributed by atoms with van der Waals surface area (Å²) >= 11 is 6.00. The van der Waals surface area contributed by atoms with Gasteiger partial charge in [0, 0.05) is 10.7 Å². The molecule has 0 saturated carbocycles. The van der Waals surface area contributed by atoms with Crippen LogP contribution in [0, 0.1) is 0 Å². The van der Waals surface area contributed by atoms with E-state index < -0.39 is 29.1 Å². The highest BCUT2D eigenvalue weighted by molar-refractivity contribution is 6.30. The average molecular weight is 456 g/mol. The van der Waals surface area contributed by atoms with Crippen molar-refractivity contribution >= 4 is 34.2 Å². The number of para-hydroxylation sites is 1. The van der Waals surface area contributed by atoms with Gasteiger partial charge in [-0.2, -0.15) is 13.2 Å². The summed E-state index contributed by atoms with van der Waals surface area (Å²) in [6.07, 6.45) is -4.59. The van der Waals surface area contributed by atoms with Crippen LogP contribution in [-0.2, 0) is 6.18 Å². The maximum atomic E-state index is 13.4. The molecular weight excluding hydrogens is 443 g/mol. The minimum absolute atomic E-state index is 0.000342. The standard InChI is InChI=1S/C24H13ClF3NO3/c25-15-10-8-13(9-11-15)20-19-21(30)17-6-1-2-7-18(17)32-22(19)23(31)29(20)16-5-3-4-14(12-16)24(26,27)28/h1-12,20H/t20-/m1/s1. The van der Waals surface area contributed by atoms with Crippen LogP contribution in [0.5, 0.6) is 0 Å². The number of nitrogens with zero attached hydrogens (tertiary/aromatic N) is 1. The van der Waals surface area contributed by atoms with Gasteiger partial charge in [0.1, 0.15) is 5.58 Å². The van der Waals surface area contributed by atoms with Crippen LogP contribution in [0.3, 0.4) is 0 Å². The largest absolute Gasteiger partial charge is 0.450 e. The van der Waals surface area contributed by atoms with Gasteiger partial charge in [-0.25, -0.2) is 0 Å². The van der Waals surface area contributed by atoms with Crippen molar-refractivity contribution in [3.63, 3.8) is 0 Å². The first-order valence-electron chi connectivity index (χ1n) is 9.58. The van der Waals surface area contributed by atoms with Crippen LogP contribution in [0.4, 0.5) is 18.9 Å². The molecule has 1 aliphatic rings. The number of anilines is 1. The number of rotatable bonds is 2. The third-order valence-electron chi connectivity index (χ3n) is 5.42. The Morgan fingerprint density at radius 1 is 0.906 bits per heavy atom. The Morgan fingerprint density at radius 3 is 2.34 bits per heavy atom. The summed E-state index contributed by atoms with van der Waals surface area (Å²) in [5, 5.41) is 0.721. The van der Waals surface area contributed by atoms with Crippen molar-refractivity contribution in [3.8, 4) is 0 Å². The second-order valence-electron chi connectivity index (χ2n) is 7.35. The maximum absolute atomic E-state index is 13.4. The monoisotopic (exact) mass is 455 g/mol. The lowest BCUT2D eigenvalue weighted by Gasteiger charge is -2.26. The molecule has 3 aromatic carbocycles. The number of benzene rings is 3. The quantitative estimate of drug-likeness (QED) is 0.361. The summed E-state index contributed by atoms with van der Waals surface area (Å²) in [7, 11) is 0. The molecule has 0 radical (unpaired) electrons. The van der Waals surface area contributed by atoms with Crippen LogP contribution in [0.1, 0.15) is 33.3 Å². The van der Waals surface area contributed by atoms with Crippen molar-refractivity contribution in [2.75, 3.05) is 4.90 Å². The Morgan fingerprint density at radius 2 is 1.62 bits per heavy atom. The van der Waals surface area contributed by atoms with E-state index >= 15 is 0 Å². The van der Waals surface area contributed by atoms with Crippen molar-refractivity contribution in [2.45, 2.75) is 12.2 Å². The normalized spacial score (nSPS) is 15.9. The lowest BCUT2D eigenvalue weighted by Crippen LogP contribution is -2.29. The number of carbonyl (C=O) groups is 1. The van der Waals surface area contributed by atoms with Gasteiger partial charge < -0.3 is 4.42 Å². The van der Waals surface area contributed by atoms with Crippen LogP contribution in [-0.4, -0.2) is 5.91 Å². The van der Waals surface area contributed by atoms with Gasteiger partial charge in [-0.1, -0.05) is 41.9 Å².